The van der Waals surface area contributed by atoms with Gasteiger partial charge in [0.15, 0.2) is 0 Å². The Kier molecular flexibility index (Phi) is 4.77. The first-order valence-electron chi connectivity index (χ1n) is 6.49. The highest BCUT2D eigenvalue weighted by atomic mass is 35.5. The van der Waals surface area contributed by atoms with Gasteiger partial charge in [0.2, 0.25) is 5.91 Å². The number of carbonyl (C=O) groups excluding carboxylic acids is 1. The van der Waals surface area contributed by atoms with Gasteiger partial charge in [0.1, 0.15) is 5.82 Å². The van der Waals surface area contributed by atoms with Crippen molar-refractivity contribution in [2.24, 2.45) is 11.7 Å². The largest absolute Gasteiger partial charge is 0.370 e. The summed E-state index contributed by atoms with van der Waals surface area (Å²) in [6.07, 6.45) is 2.45. The van der Waals surface area contributed by atoms with Crippen LogP contribution in [0.25, 0.3) is 0 Å². The zero-order valence-electron chi connectivity index (χ0n) is 10.7. The van der Waals surface area contributed by atoms with Crippen LogP contribution < -0.4 is 5.73 Å². The molecule has 1 aliphatic rings. The molecule has 2 N–H and O–H groups in total. The highest BCUT2D eigenvalue weighted by Gasteiger charge is 2.22. The van der Waals surface area contributed by atoms with Gasteiger partial charge in [0.25, 0.3) is 0 Å². The summed E-state index contributed by atoms with van der Waals surface area (Å²) in [7, 11) is 0. The smallest absolute Gasteiger partial charge is 0.217 e. The second kappa shape index (κ2) is 6.35. The van der Waals surface area contributed by atoms with E-state index in [9.17, 15) is 9.18 Å². The Morgan fingerprint density at radius 1 is 1.53 bits per heavy atom. The Bertz CT molecular complexity index is 467. The number of primary amides is 1. The summed E-state index contributed by atoms with van der Waals surface area (Å²) >= 11 is 5.74. The number of rotatable bonds is 4. The Morgan fingerprint density at radius 3 is 3.00 bits per heavy atom. The summed E-state index contributed by atoms with van der Waals surface area (Å²) in [6.45, 7) is 2.28. The van der Waals surface area contributed by atoms with E-state index in [4.69, 9.17) is 17.3 Å². The maximum Gasteiger partial charge on any atom is 0.217 e. The summed E-state index contributed by atoms with van der Waals surface area (Å²) in [5, 5.41) is 0.409. The number of likely N-dealkylation sites (tertiary alicyclic amines) is 1. The van der Waals surface area contributed by atoms with Crippen LogP contribution in [0.2, 0.25) is 5.02 Å². The van der Waals surface area contributed by atoms with Gasteiger partial charge in [0.05, 0.1) is 0 Å². The van der Waals surface area contributed by atoms with Gasteiger partial charge in [-0.15, -0.1) is 0 Å². The lowest BCUT2D eigenvalue weighted by Gasteiger charge is -2.32. The number of hydrogen-bond acceptors (Lipinski definition) is 2. The third kappa shape index (κ3) is 4.18. The lowest BCUT2D eigenvalue weighted by molar-refractivity contribution is -0.119. The van der Waals surface area contributed by atoms with E-state index in [1.54, 1.807) is 12.1 Å². The van der Waals surface area contributed by atoms with E-state index in [-0.39, 0.29) is 11.7 Å². The number of carbonyl (C=O) groups is 1. The molecule has 104 valence electrons. The van der Waals surface area contributed by atoms with Gasteiger partial charge in [-0.1, -0.05) is 17.7 Å². The maximum atomic E-state index is 13.7. The molecule has 2 rings (SSSR count). The van der Waals surface area contributed by atoms with Crippen LogP contribution in [-0.2, 0) is 11.3 Å². The molecule has 1 amide bonds. The zero-order valence-corrected chi connectivity index (χ0v) is 11.5. The fourth-order valence-electron chi connectivity index (χ4n) is 2.64. The minimum Gasteiger partial charge on any atom is -0.370 e. The minimum atomic E-state index is -0.274. The monoisotopic (exact) mass is 284 g/mol. The maximum absolute atomic E-state index is 13.7. The predicted molar refractivity (Wildman–Crippen MR) is 73.2 cm³/mol. The number of amides is 1. The van der Waals surface area contributed by atoms with E-state index in [0.29, 0.717) is 29.5 Å². The number of piperidine rings is 1. The fourth-order valence-corrected chi connectivity index (χ4v) is 2.80. The highest BCUT2D eigenvalue weighted by Crippen LogP contribution is 2.22. The molecule has 1 saturated heterocycles. The topological polar surface area (TPSA) is 46.3 Å². The third-order valence-corrected chi connectivity index (χ3v) is 3.74. The molecule has 1 aromatic rings. The molecule has 19 heavy (non-hydrogen) atoms. The highest BCUT2D eigenvalue weighted by molar-refractivity contribution is 6.30. The number of nitrogens with two attached hydrogens (primary N) is 1. The van der Waals surface area contributed by atoms with E-state index in [2.05, 4.69) is 4.90 Å². The standard InChI is InChI=1S/C14H18ClFN2O/c15-12-4-3-11(13(16)7-12)9-18-5-1-2-10(8-18)6-14(17)19/h3-4,7,10H,1-2,5-6,8-9H2,(H2,17,19)/t10-/m1/s1. The molecule has 0 radical (unpaired) electrons. The van der Waals surface area contributed by atoms with Gasteiger partial charge in [-0.05, 0) is 37.4 Å². The summed E-state index contributed by atoms with van der Waals surface area (Å²) in [5.41, 5.74) is 5.87. The van der Waals surface area contributed by atoms with Gasteiger partial charge in [-0.25, -0.2) is 4.39 Å². The van der Waals surface area contributed by atoms with Crippen molar-refractivity contribution in [3.8, 4) is 0 Å². The van der Waals surface area contributed by atoms with Crippen LogP contribution in [-0.4, -0.2) is 23.9 Å². The molecule has 0 aliphatic carbocycles. The molecule has 0 bridgehead atoms. The third-order valence-electron chi connectivity index (χ3n) is 3.50. The van der Waals surface area contributed by atoms with Crippen LogP contribution in [0.5, 0.6) is 0 Å². The average Bonchev–Trinajstić information content (AvgIpc) is 2.32. The van der Waals surface area contributed by atoms with Crippen LogP contribution in [0.4, 0.5) is 4.39 Å². The molecule has 5 heteroatoms. The van der Waals surface area contributed by atoms with E-state index in [1.807, 2.05) is 0 Å². The molecule has 1 fully saturated rings. The second-order valence-electron chi connectivity index (χ2n) is 5.15. The number of nitrogens with zero attached hydrogens (tertiary/aromatic N) is 1. The molecule has 0 saturated carbocycles. The number of hydrogen-bond donors (Lipinski definition) is 1. The lowest BCUT2D eigenvalue weighted by Crippen LogP contribution is -2.36. The Labute approximate surface area is 117 Å². The molecular weight excluding hydrogens is 267 g/mol. The molecule has 3 nitrogen and oxygen atoms in total. The first-order chi connectivity index (χ1) is 9.04. The normalized spacial score (nSPS) is 20.4. The van der Waals surface area contributed by atoms with Gasteiger partial charge in [-0.2, -0.15) is 0 Å². The van der Waals surface area contributed by atoms with Crippen LogP contribution in [0.3, 0.4) is 0 Å². The summed E-state index contributed by atoms with van der Waals surface area (Å²) < 4.78 is 13.7. The van der Waals surface area contributed by atoms with Gasteiger partial charge in [-0.3, -0.25) is 9.69 Å². The quantitative estimate of drug-likeness (QED) is 0.924. The van der Waals surface area contributed by atoms with Crippen molar-refractivity contribution in [3.63, 3.8) is 0 Å². The van der Waals surface area contributed by atoms with E-state index in [0.717, 1.165) is 25.9 Å². The molecule has 1 atom stereocenters. The molecule has 0 unspecified atom stereocenters. The predicted octanol–water partition coefficient (Wildman–Crippen LogP) is 2.57. The van der Waals surface area contributed by atoms with Crippen molar-refractivity contribution in [3.05, 3.63) is 34.6 Å². The molecule has 1 aliphatic heterocycles. The van der Waals surface area contributed by atoms with Crippen molar-refractivity contribution in [2.45, 2.75) is 25.8 Å². The van der Waals surface area contributed by atoms with E-state index >= 15 is 0 Å². The van der Waals surface area contributed by atoms with Crippen LogP contribution in [0, 0.1) is 11.7 Å². The summed E-state index contributed by atoms with van der Waals surface area (Å²) in [6, 6.07) is 4.75. The second-order valence-corrected chi connectivity index (χ2v) is 5.59. The van der Waals surface area contributed by atoms with Crippen molar-refractivity contribution >= 4 is 17.5 Å². The SMILES string of the molecule is NC(=O)C[C@H]1CCCN(Cc2ccc(Cl)cc2F)C1. The van der Waals surface area contributed by atoms with Crippen LogP contribution in [0.15, 0.2) is 18.2 Å². The summed E-state index contributed by atoms with van der Waals surface area (Å²) in [4.78, 5) is 13.1. The van der Waals surface area contributed by atoms with Gasteiger partial charge < -0.3 is 5.73 Å². The van der Waals surface area contributed by atoms with E-state index < -0.39 is 0 Å². The first kappa shape index (κ1) is 14.3. The van der Waals surface area contributed by atoms with Gasteiger partial charge in [0, 0.05) is 30.1 Å². The van der Waals surface area contributed by atoms with Crippen molar-refractivity contribution in [1.29, 1.82) is 0 Å². The van der Waals surface area contributed by atoms with Crippen LogP contribution >= 0.6 is 11.6 Å². The van der Waals surface area contributed by atoms with Crippen LogP contribution in [0.1, 0.15) is 24.8 Å². The van der Waals surface area contributed by atoms with Crippen molar-refractivity contribution in [2.75, 3.05) is 13.1 Å². The first-order valence-corrected chi connectivity index (χ1v) is 6.87. The Balaban J connectivity index is 1.96. The van der Waals surface area contributed by atoms with Gasteiger partial charge >= 0.3 is 0 Å². The number of halogens is 2. The van der Waals surface area contributed by atoms with Crippen molar-refractivity contribution in [1.82, 2.24) is 4.90 Å². The molecular formula is C14H18ClFN2O. The minimum absolute atomic E-state index is 0.260. The van der Waals surface area contributed by atoms with Crippen molar-refractivity contribution < 1.29 is 9.18 Å². The average molecular weight is 285 g/mol. The Morgan fingerprint density at radius 2 is 2.32 bits per heavy atom. The van der Waals surface area contributed by atoms with E-state index in [1.165, 1.54) is 6.07 Å². The molecule has 1 heterocycles. The molecule has 1 aromatic carbocycles. The molecule has 0 spiro atoms. The Hall–Kier alpha value is -1.13. The fraction of sp³-hybridized carbons (Fsp3) is 0.500. The zero-order chi connectivity index (χ0) is 13.8. The summed E-state index contributed by atoms with van der Waals surface area (Å²) in [5.74, 6) is -0.240. The molecule has 0 aromatic heterocycles. The lowest BCUT2D eigenvalue weighted by atomic mass is 9.94. The number of benzene rings is 1.